The topological polar surface area (TPSA) is 39.2 Å². The summed E-state index contributed by atoms with van der Waals surface area (Å²) in [6.07, 6.45) is 3.26. The molecule has 4 nitrogen and oxygen atoms in total. The van der Waals surface area contributed by atoms with Crippen molar-refractivity contribution in [2.24, 2.45) is 7.05 Å². The van der Waals surface area contributed by atoms with E-state index in [4.69, 9.17) is 13.2 Å². The Morgan fingerprint density at radius 3 is 2.67 bits per heavy atom. The van der Waals surface area contributed by atoms with Gasteiger partial charge in [-0.2, -0.15) is 0 Å². The van der Waals surface area contributed by atoms with Gasteiger partial charge in [-0.15, -0.1) is 0 Å². The minimum absolute atomic E-state index is 0.106. The summed E-state index contributed by atoms with van der Waals surface area (Å²) in [4.78, 5) is 19.5. The molecule has 1 aromatic heterocycles. The van der Waals surface area contributed by atoms with E-state index in [1.165, 1.54) is 4.57 Å². The van der Waals surface area contributed by atoms with Gasteiger partial charge in [0.15, 0.2) is 0 Å². The summed E-state index contributed by atoms with van der Waals surface area (Å²) < 4.78 is 2.09. The second-order valence-electron chi connectivity index (χ2n) is 3.74. The zero-order valence-electron chi connectivity index (χ0n) is 10.4. The van der Waals surface area contributed by atoms with Crippen LogP contribution in [-0.2, 0) is 26.4 Å². The van der Waals surface area contributed by atoms with Crippen LogP contribution in [0.2, 0.25) is 0 Å². The predicted molar refractivity (Wildman–Crippen MR) is 67.4 cm³/mol. The zero-order valence-corrected chi connectivity index (χ0v) is 13.3. The summed E-state index contributed by atoms with van der Waals surface area (Å²) in [6.45, 7) is 16.2. The van der Waals surface area contributed by atoms with Crippen molar-refractivity contribution in [1.82, 2.24) is 9.55 Å². The molecule has 0 saturated carbocycles. The standard InChI is InChI=1S/C13H12N3O.W/c1-9(7-6-8-14-4)12-10(2)13(17)16(5)11(3)15-12;/h1,6-7H,2-3,5H3;/q-1;. The van der Waals surface area contributed by atoms with E-state index in [2.05, 4.69) is 9.83 Å². The maximum absolute atomic E-state index is 11.9. The fourth-order valence-electron chi connectivity index (χ4n) is 1.38. The van der Waals surface area contributed by atoms with Gasteiger partial charge in [0.05, 0.1) is 0 Å². The van der Waals surface area contributed by atoms with Crippen LogP contribution >= 0.6 is 0 Å². The number of aromatic nitrogens is 2. The second kappa shape index (κ2) is 5.84. The zero-order chi connectivity index (χ0) is 13.9. The van der Waals surface area contributed by atoms with Gasteiger partial charge in [0.2, 0.25) is 0 Å². The third-order valence-electron chi connectivity index (χ3n) is 2.53. The molecule has 0 aliphatic carbocycles. The van der Waals surface area contributed by atoms with Crippen LogP contribution in [0, 0.1) is 27.0 Å². The number of allylic oxidation sites excluding steroid dienone is 2. The Hall–Kier alpha value is -1.59. The van der Waals surface area contributed by atoms with E-state index in [0.29, 0.717) is 26.7 Å². The normalized spacial score (nSPS) is 10.3. The summed E-state index contributed by atoms with van der Waals surface area (Å²) in [6, 6.07) is 0. The molecular weight excluding hydrogens is 398 g/mol. The van der Waals surface area contributed by atoms with Crippen LogP contribution < -0.4 is 5.56 Å². The first kappa shape index (κ1) is 14.5. The van der Waals surface area contributed by atoms with Gasteiger partial charge in [-0.1, -0.05) is 0 Å². The Balaban J connectivity index is 3.24. The predicted octanol–water partition coefficient (Wildman–Crippen LogP) is 1.37. The van der Waals surface area contributed by atoms with Crippen molar-refractivity contribution in [3.05, 3.63) is 57.6 Å². The Kier molecular flexibility index (Phi) is 4.69. The average Bonchev–Trinajstić information content (AvgIpc) is 2.37. The first-order valence-electron chi connectivity index (χ1n) is 5.15. The number of rotatable bonds is 3. The molecule has 18 heavy (non-hydrogen) atoms. The molecule has 5 heteroatoms. The molecule has 0 spiro atoms. The van der Waals surface area contributed by atoms with Crippen LogP contribution in [0.25, 0.3) is 10.4 Å². The number of hydrogen-bond donors (Lipinski definition) is 0. The summed E-state index contributed by atoms with van der Waals surface area (Å²) in [5.74, 6) is 0.605. The molecule has 0 radical (unpaired) electrons. The SMILES string of the molecule is [C-]#[N+][C](=[W])C=CC(=[CH-])c1nc(C)n(C)c(=O)c1C. The van der Waals surface area contributed by atoms with Gasteiger partial charge in [-0.3, -0.25) is 0 Å². The Morgan fingerprint density at radius 1 is 1.50 bits per heavy atom. The first-order valence-corrected chi connectivity index (χ1v) is 6.61. The van der Waals surface area contributed by atoms with Crippen molar-refractivity contribution in [1.29, 1.82) is 0 Å². The molecule has 0 aromatic carbocycles. The monoisotopic (exact) mass is 410 g/mol. The van der Waals surface area contributed by atoms with Gasteiger partial charge < -0.3 is 0 Å². The van der Waals surface area contributed by atoms with Crippen LogP contribution in [0.5, 0.6) is 0 Å². The molecule has 0 fully saturated rings. The Morgan fingerprint density at radius 2 is 2.11 bits per heavy atom. The molecule has 1 aromatic rings. The van der Waals surface area contributed by atoms with Crippen molar-refractivity contribution in [3.8, 4) is 0 Å². The van der Waals surface area contributed by atoms with E-state index in [9.17, 15) is 4.79 Å². The van der Waals surface area contributed by atoms with Crippen molar-refractivity contribution in [2.45, 2.75) is 13.8 Å². The third kappa shape index (κ3) is 3.00. The number of aryl methyl sites for hydroxylation is 1. The van der Waals surface area contributed by atoms with Gasteiger partial charge in [0.25, 0.3) is 0 Å². The van der Waals surface area contributed by atoms with Gasteiger partial charge in [-0.25, -0.2) is 0 Å². The van der Waals surface area contributed by atoms with E-state index in [0.717, 1.165) is 19.4 Å². The fraction of sp³-hybridized carbons (Fsp3) is 0.231. The average molecular weight is 410 g/mol. The summed E-state index contributed by atoms with van der Waals surface area (Å²) >= 11 is 1.08. The molecule has 1 heterocycles. The van der Waals surface area contributed by atoms with E-state index < -0.39 is 0 Å². The maximum atomic E-state index is 11.9. The molecule has 0 amide bonds. The molecule has 0 N–H and O–H groups in total. The molecule has 1 rings (SSSR count). The van der Waals surface area contributed by atoms with Crippen molar-refractivity contribution in [3.63, 3.8) is 0 Å². The van der Waals surface area contributed by atoms with Crippen LogP contribution in [0.1, 0.15) is 17.1 Å². The van der Waals surface area contributed by atoms with Crippen molar-refractivity contribution < 1.29 is 19.4 Å². The Labute approximate surface area is 117 Å². The molecule has 92 valence electrons. The molecule has 0 bridgehead atoms. The summed E-state index contributed by atoms with van der Waals surface area (Å²) in [7, 11) is 1.67. The molecule has 0 aliphatic rings. The van der Waals surface area contributed by atoms with E-state index in [-0.39, 0.29) is 5.56 Å². The van der Waals surface area contributed by atoms with Gasteiger partial charge in [-0.05, 0) is 0 Å². The third-order valence-corrected chi connectivity index (χ3v) is 3.35. The quantitative estimate of drug-likeness (QED) is 0.558. The van der Waals surface area contributed by atoms with Gasteiger partial charge in [0.1, 0.15) is 0 Å². The van der Waals surface area contributed by atoms with Crippen LogP contribution in [0.4, 0.5) is 0 Å². The van der Waals surface area contributed by atoms with Gasteiger partial charge >= 0.3 is 117 Å². The van der Waals surface area contributed by atoms with Crippen LogP contribution in [0.3, 0.4) is 0 Å². The summed E-state index contributed by atoms with van der Waals surface area (Å²) in [5.41, 5.74) is 1.29. The van der Waals surface area contributed by atoms with Crippen LogP contribution in [0.15, 0.2) is 16.9 Å². The molecule has 0 aliphatic heterocycles. The second-order valence-corrected chi connectivity index (χ2v) is 5.24. The summed E-state index contributed by atoms with van der Waals surface area (Å²) in [5, 5.41) is 0. The molecule has 0 atom stereocenters. The molecule has 0 unspecified atom stereocenters. The van der Waals surface area contributed by atoms with Crippen molar-refractivity contribution >= 4 is 9.59 Å². The van der Waals surface area contributed by atoms with E-state index >= 15 is 0 Å². The Bertz CT molecular complexity index is 647. The first-order chi connectivity index (χ1) is 8.38. The van der Waals surface area contributed by atoms with Crippen LogP contribution in [-0.4, -0.2) is 13.6 Å². The van der Waals surface area contributed by atoms with E-state index in [1.807, 2.05) is 0 Å². The fourth-order valence-corrected chi connectivity index (χ4v) is 1.62. The van der Waals surface area contributed by atoms with Crippen molar-refractivity contribution in [2.75, 3.05) is 0 Å². The molecule has 0 saturated heterocycles. The minimum atomic E-state index is -0.106. The molecular formula is C13H12N3OW-. The number of hydrogen-bond acceptors (Lipinski definition) is 2. The van der Waals surface area contributed by atoms with E-state index in [1.54, 1.807) is 33.0 Å². The number of nitrogens with zero attached hydrogens (tertiary/aromatic N) is 3. The van der Waals surface area contributed by atoms with Gasteiger partial charge in [0, 0.05) is 0 Å².